The minimum Gasteiger partial charge on any atom is -0.376 e. The van der Waals surface area contributed by atoms with Crippen LogP contribution in [0.4, 0.5) is 0 Å². The molecule has 24 heavy (non-hydrogen) atoms. The Morgan fingerprint density at radius 3 is 3.00 bits per heavy atom. The molecule has 0 saturated carbocycles. The summed E-state index contributed by atoms with van der Waals surface area (Å²) in [7, 11) is 0. The fraction of sp³-hybridized carbons (Fsp3) is 0.263. The highest BCUT2D eigenvalue weighted by atomic mass is 16.5. The number of hydrogen-bond donors (Lipinski definition) is 2. The van der Waals surface area contributed by atoms with Gasteiger partial charge in [0.05, 0.1) is 11.8 Å². The second-order valence-electron chi connectivity index (χ2n) is 6.04. The van der Waals surface area contributed by atoms with Crippen LogP contribution in [0.1, 0.15) is 23.3 Å². The van der Waals surface area contributed by atoms with E-state index in [1.54, 1.807) is 6.07 Å². The molecule has 4 rings (SSSR count). The van der Waals surface area contributed by atoms with Crippen LogP contribution in [0.3, 0.4) is 0 Å². The molecule has 1 amide bonds. The standard InChI is InChI=1S/C19H19N3O2/c23-19(20-12-14-7-4-10-24-14)18-11-17(21-22-18)16-9-3-6-13-5-1-2-8-15(13)16/h1-3,5-6,8-9,11,14H,4,7,10,12H2,(H,20,23)(H,21,22). The van der Waals surface area contributed by atoms with Crippen molar-refractivity contribution >= 4 is 16.7 Å². The average molecular weight is 321 g/mol. The molecule has 1 aliphatic heterocycles. The zero-order chi connectivity index (χ0) is 16.4. The summed E-state index contributed by atoms with van der Waals surface area (Å²) in [5, 5.41) is 12.3. The van der Waals surface area contributed by atoms with Crippen LogP contribution in [0.2, 0.25) is 0 Å². The molecule has 1 aliphatic rings. The lowest BCUT2D eigenvalue weighted by Gasteiger charge is -2.09. The van der Waals surface area contributed by atoms with Gasteiger partial charge in [-0.1, -0.05) is 42.5 Å². The van der Waals surface area contributed by atoms with Crippen LogP contribution in [0.25, 0.3) is 22.0 Å². The molecule has 1 atom stereocenters. The number of H-pyrrole nitrogens is 1. The number of aromatic amines is 1. The molecule has 0 spiro atoms. The summed E-state index contributed by atoms with van der Waals surface area (Å²) in [6.45, 7) is 1.33. The molecule has 122 valence electrons. The molecule has 5 nitrogen and oxygen atoms in total. The van der Waals surface area contributed by atoms with E-state index in [0.717, 1.165) is 41.5 Å². The zero-order valence-corrected chi connectivity index (χ0v) is 13.3. The Morgan fingerprint density at radius 1 is 1.25 bits per heavy atom. The van der Waals surface area contributed by atoms with E-state index >= 15 is 0 Å². The number of carbonyl (C=O) groups is 1. The van der Waals surface area contributed by atoms with Crippen molar-refractivity contribution in [1.82, 2.24) is 15.5 Å². The van der Waals surface area contributed by atoms with Crippen LogP contribution in [-0.2, 0) is 4.74 Å². The van der Waals surface area contributed by atoms with E-state index in [2.05, 4.69) is 33.7 Å². The van der Waals surface area contributed by atoms with E-state index in [1.807, 2.05) is 24.3 Å². The molecule has 1 saturated heterocycles. The van der Waals surface area contributed by atoms with Crippen molar-refractivity contribution in [2.24, 2.45) is 0 Å². The summed E-state index contributed by atoms with van der Waals surface area (Å²) in [5.74, 6) is -0.149. The first-order chi connectivity index (χ1) is 11.8. The van der Waals surface area contributed by atoms with Crippen molar-refractivity contribution in [1.29, 1.82) is 0 Å². The van der Waals surface area contributed by atoms with E-state index in [9.17, 15) is 4.79 Å². The van der Waals surface area contributed by atoms with Crippen LogP contribution in [0, 0.1) is 0 Å². The third-order valence-corrected chi connectivity index (χ3v) is 4.40. The predicted octanol–water partition coefficient (Wildman–Crippen LogP) is 3.14. The van der Waals surface area contributed by atoms with Crippen molar-refractivity contribution in [3.05, 3.63) is 54.2 Å². The first kappa shape index (κ1) is 14.9. The Balaban J connectivity index is 1.54. The predicted molar refractivity (Wildman–Crippen MR) is 92.8 cm³/mol. The van der Waals surface area contributed by atoms with E-state index in [1.165, 1.54) is 0 Å². The highest BCUT2D eigenvalue weighted by Crippen LogP contribution is 2.27. The SMILES string of the molecule is O=C(NCC1CCCO1)c1cc(-c2cccc3ccccc23)n[nH]1. The number of rotatable bonds is 4. The number of aromatic nitrogens is 2. The summed E-state index contributed by atoms with van der Waals surface area (Å²) in [5.41, 5.74) is 2.26. The van der Waals surface area contributed by atoms with Crippen molar-refractivity contribution < 1.29 is 9.53 Å². The summed E-state index contributed by atoms with van der Waals surface area (Å²) >= 11 is 0. The minimum atomic E-state index is -0.149. The number of fused-ring (bicyclic) bond motifs is 1. The summed E-state index contributed by atoms with van der Waals surface area (Å²) < 4.78 is 5.52. The normalized spacial score (nSPS) is 17.2. The van der Waals surface area contributed by atoms with Crippen LogP contribution in [0.5, 0.6) is 0 Å². The molecular weight excluding hydrogens is 302 g/mol. The summed E-state index contributed by atoms with van der Waals surface area (Å²) in [4.78, 5) is 12.3. The number of carbonyl (C=O) groups excluding carboxylic acids is 1. The molecule has 3 aromatic rings. The third kappa shape index (κ3) is 2.90. The Bertz CT molecular complexity index is 860. The maximum absolute atomic E-state index is 12.3. The second-order valence-corrected chi connectivity index (χ2v) is 6.04. The highest BCUT2D eigenvalue weighted by Gasteiger charge is 2.18. The molecule has 0 bridgehead atoms. The second kappa shape index (κ2) is 6.45. The first-order valence-electron chi connectivity index (χ1n) is 8.24. The van der Waals surface area contributed by atoms with Gasteiger partial charge in [-0.3, -0.25) is 9.89 Å². The average Bonchev–Trinajstić information content (AvgIpc) is 3.31. The van der Waals surface area contributed by atoms with Gasteiger partial charge in [-0.2, -0.15) is 5.10 Å². The molecule has 0 radical (unpaired) electrons. The van der Waals surface area contributed by atoms with Crippen LogP contribution in [-0.4, -0.2) is 35.4 Å². The summed E-state index contributed by atoms with van der Waals surface area (Å²) in [6.07, 6.45) is 2.20. The fourth-order valence-electron chi connectivity index (χ4n) is 3.13. The third-order valence-electron chi connectivity index (χ3n) is 4.40. The van der Waals surface area contributed by atoms with Gasteiger partial charge in [-0.05, 0) is 29.7 Å². The Kier molecular flexibility index (Phi) is 4.01. The topological polar surface area (TPSA) is 67.0 Å². The van der Waals surface area contributed by atoms with Crippen LogP contribution >= 0.6 is 0 Å². The number of amides is 1. The van der Waals surface area contributed by atoms with Crippen molar-refractivity contribution in [2.75, 3.05) is 13.2 Å². The van der Waals surface area contributed by atoms with Gasteiger partial charge in [-0.25, -0.2) is 0 Å². The van der Waals surface area contributed by atoms with Gasteiger partial charge in [-0.15, -0.1) is 0 Å². The van der Waals surface area contributed by atoms with E-state index in [4.69, 9.17) is 4.74 Å². The van der Waals surface area contributed by atoms with Crippen molar-refractivity contribution in [3.8, 4) is 11.3 Å². The maximum atomic E-state index is 12.3. The molecule has 0 aliphatic carbocycles. The summed E-state index contributed by atoms with van der Waals surface area (Å²) in [6, 6.07) is 16.1. The zero-order valence-electron chi connectivity index (χ0n) is 13.3. The van der Waals surface area contributed by atoms with E-state index < -0.39 is 0 Å². The Hall–Kier alpha value is -2.66. The van der Waals surface area contributed by atoms with Crippen LogP contribution < -0.4 is 5.32 Å². The van der Waals surface area contributed by atoms with Gasteiger partial charge in [0.15, 0.2) is 0 Å². The quantitative estimate of drug-likeness (QED) is 0.776. The lowest BCUT2D eigenvalue weighted by Crippen LogP contribution is -2.31. The van der Waals surface area contributed by atoms with Gasteiger partial charge >= 0.3 is 0 Å². The molecule has 2 N–H and O–H groups in total. The van der Waals surface area contributed by atoms with Crippen molar-refractivity contribution in [2.45, 2.75) is 18.9 Å². The van der Waals surface area contributed by atoms with Gasteiger partial charge in [0.1, 0.15) is 5.69 Å². The smallest absolute Gasteiger partial charge is 0.269 e. The number of nitrogens with one attached hydrogen (secondary N) is 2. The van der Waals surface area contributed by atoms with Crippen LogP contribution in [0.15, 0.2) is 48.5 Å². The molecule has 5 heteroatoms. The van der Waals surface area contributed by atoms with Gasteiger partial charge < -0.3 is 10.1 Å². The lowest BCUT2D eigenvalue weighted by atomic mass is 10.0. The lowest BCUT2D eigenvalue weighted by molar-refractivity contribution is 0.0853. The number of nitrogens with zero attached hydrogens (tertiary/aromatic N) is 1. The van der Waals surface area contributed by atoms with E-state index in [-0.39, 0.29) is 12.0 Å². The molecule has 2 aromatic carbocycles. The monoisotopic (exact) mass is 321 g/mol. The number of benzene rings is 2. The van der Waals surface area contributed by atoms with Gasteiger partial charge in [0.25, 0.3) is 5.91 Å². The first-order valence-corrected chi connectivity index (χ1v) is 8.24. The molecule has 1 fully saturated rings. The minimum absolute atomic E-state index is 0.134. The molecule has 1 aromatic heterocycles. The van der Waals surface area contributed by atoms with E-state index in [0.29, 0.717) is 12.2 Å². The molecule has 2 heterocycles. The number of ether oxygens (including phenoxy) is 1. The highest BCUT2D eigenvalue weighted by molar-refractivity contribution is 5.98. The molecule has 1 unspecified atom stereocenters. The maximum Gasteiger partial charge on any atom is 0.269 e. The Labute approximate surface area is 140 Å². The fourth-order valence-corrected chi connectivity index (χ4v) is 3.13. The van der Waals surface area contributed by atoms with Crippen molar-refractivity contribution in [3.63, 3.8) is 0 Å². The number of hydrogen-bond acceptors (Lipinski definition) is 3. The van der Waals surface area contributed by atoms with Gasteiger partial charge in [0.2, 0.25) is 0 Å². The van der Waals surface area contributed by atoms with Gasteiger partial charge in [0, 0.05) is 18.7 Å². The molecular formula is C19H19N3O2. The largest absolute Gasteiger partial charge is 0.376 e. The Morgan fingerprint density at radius 2 is 2.12 bits per heavy atom.